The van der Waals surface area contributed by atoms with Crippen LogP contribution in [0.5, 0.6) is 0 Å². The topological polar surface area (TPSA) is 80.9 Å². The van der Waals surface area contributed by atoms with E-state index in [9.17, 15) is 4.79 Å². The van der Waals surface area contributed by atoms with Gasteiger partial charge in [0, 0.05) is 17.3 Å². The van der Waals surface area contributed by atoms with Crippen LogP contribution in [0, 0.1) is 6.92 Å². The predicted molar refractivity (Wildman–Crippen MR) is 66.9 cm³/mol. The molecule has 2 rings (SSSR count). The maximum atomic E-state index is 10.8. The fourth-order valence-electron chi connectivity index (χ4n) is 1.29. The molecule has 0 radical (unpaired) electrons. The van der Waals surface area contributed by atoms with E-state index in [2.05, 4.69) is 15.3 Å². The molecule has 2 aromatic heterocycles. The summed E-state index contributed by atoms with van der Waals surface area (Å²) in [6.45, 7) is 2.64. The van der Waals surface area contributed by atoms with Crippen molar-refractivity contribution in [2.45, 2.75) is 13.5 Å². The van der Waals surface area contributed by atoms with Crippen LogP contribution in [0.3, 0.4) is 0 Å². The SMILES string of the molecule is Cc1cnc(CNc2ccc(C(N)=O)cn2)s1. The number of anilines is 1. The number of thiazole rings is 1. The highest BCUT2D eigenvalue weighted by Gasteiger charge is 2.02. The van der Waals surface area contributed by atoms with Crippen molar-refractivity contribution >= 4 is 23.1 Å². The second-order valence-corrected chi connectivity index (χ2v) is 4.83. The molecule has 0 fully saturated rings. The number of hydrogen-bond acceptors (Lipinski definition) is 5. The lowest BCUT2D eigenvalue weighted by Gasteiger charge is -2.03. The van der Waals surface area contributed by atoms with Gasteiger partial charge in [0.15, 0.2) is 0 Å². The first kappa shape index (κ1) is 11.5. The second kappa shape index (κ2) is 4.92. The Bertz CT molecular complexity index is 521. The van der Waals surface area contributed by atoms with E-state index in [4.69, 9.17) is 5.73 Å². The molecule has 0 aromatic carbocycles. The number of aromatic nitrogens is 2. The molecule has 0 saturated heterocycles. The molecule has 2 heterocycles. The number of primary amides is 1. The molecule has 0 bridgehead atoms. The normalized spacial score (nSPS) is 10.2. The van der Waals surface area contributed by atoms with Crippen molar-refractivity contribution in [3.05, 3.63) is 40.0 Å². The number of aryl methyl sites for hydroxylation is 1. The van der Waals surface area contributed by atoms with Gasteiger partial charge in [-0.3, -0.25) is 4.79 Å². The van der Waals surface area contributed by atoms with Crippen LogP contribution in [0.15, 0.2) is 24.5 Å². The monoisotopic (exact) mass is 248 g/mol. The fraction of sp³-hybridized carbons (Fsp3) is 0.182. The lowest BCUT2D eigenvalue weighted by atomic mass is 10.3. The zero-order valence-corrected chi connectivity index (χ0v) is 10.1. The fourth-order valence-corrected chi connectivity index (χ4v) is 2.02. The molecule has 0 aliphatic carbocycles. The van der Waals surface area contributed by atoms with E-state index < -0.39 is 5.91 Å². The summed E-state index contributed by atoms with van der Waals surface area (Å²) in [5.74, 6) is 0.224. The van der Waals surface area contributed by atoms with Gasteiger partial charge in [-0.15, -0.1) is 11.3 Å². The van der Waals surface area contributed by atoms with Crippen molar-refractivity contribution in [3.8, 4) is 0 Å². The van der Waals surface area contributed by atoms with Gasteiger partial charge in [0.05, 0.1) is 12.1 Å². The van der Waals surface area contributed by atoms with Gasteiger partial charge >= 0.3 is 0 Å². The molecule has 5 nitrogen and oxygen atoms in total. The summed E-state index contributed by atoms with van der Waals surface area (Å²) in [5, 5.41) is 4.13. The molecule has 0 aliphatic heterocycles. The van der Waals surface area contributed by atoms with Crippen molar-refractivity contribution in [1.82, 2.24) is 9.97 Å². The molecule has 17 heavy (non-hydrogen) atoms. The third kappa shape index (κ3) is 3.01. The number of nitrogens with two attached hydrogens (primary N) is 1. The highest BCUT2D eigenvalue weighted by molar-refractivity contribution is 7.11. The van der Waals surface area contributed by atoms with Gasteiger partial charge in [-0.1, -0.05) is 0 Å². The van der Waals surface area contributed by atoms with Gasteiger partial charge in [0.1, 0.15) is 10.8 Å². The molecular formula is C11H12N4OS. The molecule has 2 aromatic rings. The number of amides is 1. The molecule has 0 unspecified atom stereocenters. The maximum Gasteiger partial charge on any atom is 0.250 e. The second-order valence-electron chi connectivity index (χ2n) is 3.51. The van der Waals surface area contributed by atoms with Crippen molar-refractivity contribution in [3.63, 3.8) is 0 Å². The predicted octanol–water partition coefficient (Wildman–Crippen LogP) is 1.56. The Kier molecular flexibility index (Phi) is 3.34. The minimum atomic E-state index is -0.473. The number of carbonyl (C=O) groups is 1. The molecule has 0 atom stereocenters. The number of nitrogens with zero attached hydrogens (tertiary/aromatic N) is 2. The van der Waals surface area contributed by atoms with Crippen molar-refractivity contribution in [2.75, 3.05) is 5.32 Å². The van der Waals surface area contributed by atoms with E-state index in [1.54, 1.807) is 23.5 Å². The summed E-state index contributed by atoms with van der Waals surface area (Å²) in [6, 6.07) is 3.37. The number of pyridine rings is 1. The van der Waals surface area contributed by atoms with Crippen LogP contribution in [0.2, 0.25) is 0 Å². The van der Waals surface area contributed by atoms with Gasteiger partial charge < -0.3 is 11.1 Å². The Labute approximate surface area is 103 Å². The van der Waals surface area contributed by atoms with E-state index >= 15 is 0 Å². The molecule has 0 spiro atoms. The Morgan fingerprint density at radius 1 is 1.41 bits per heavy atom. The maximum absolute atomic E-state index is 10.8. The van der Waals surface area contributed by atoms with Gasteiger partial charge in [0.2, 0.25) is 5.91 Å². The van der Waals surface area contributed by atoms with Crippen molar-refractivity contribution < 1.29 is 4.79 Å². The van der Waals surface area contributed by atoms with Crippen LogP contribution in [0.4, 0.5) is 5.82 Å². The highest BCUT2D eigenvalue weighted by Crippen LogP contribution is 2.13. The van der Waals surface area contributed by atoms with Crippen LogP contribution in [-0.4, -0.2) is 15.9 Å². The van der Waals surface area contributed by atoms with Crippen LogP contribution in [0.25, 0.3) is 0 Å². The first-order valence-electron chi connectivity index (χ1n) is 5.06. The third-order valence-electron chi connectivity index (χ3n) is 2.14. The van der Waals surface area contributed by atoms with Gasteiger partial charge in [0.25, 0.3) is 0 Å². The molecule has 6 heteroatoms. The van der Waals surface area contributed by atoms with E-state index in [1.807, 2.05) is 13.1 Å². The molecular weight excluding hydrogens is 236 g/mol. The lowest BCUT2D eigenvalue weighted by molar-refractivity contribution is 0.1000. The molecule has 0 aliphatic rings. The minimum absolute atomic E-state index is 0.403. The lowest BCUT2D eigenvalue weighted by Crippen LogP contribution is -2.11. The van der Waals surface area contributed by atoms with E-state index in [0.717, 1.165) is 5.01 Å². The van der Waals surface area contributed by atoms with Gasteiger partial charge in [-0.05, 0) is 19.1 Å². The van der Waals surface area contributed by atoms with Gasteiger partial charge in [-0.2, -0.15) is 0 Å². The van der Waals surface area contributed by atoms with Crippen molar-refractivity contribution in [1.29, 1.82) is 0 Å². The average molecular weight is 248 g/mol. The largest absolute Gasteiger partial charge is 0.366 e. The van der Waals surface area contributed by atoms with E-state index in [0.29, 0.717) is 17.9 Å². The Hall–Kier alpha value is -1.95. The van der Waals surface area contributed by atoms with Crippen LogP contribution in [-0.2, 0) is 6.54 Å². The summed E-state index contributed by atoms with van der Waals surface area (Å²) >= 11 is 1.64. The third-order valence-corrected chi connectivity index (χ3v) is 3.05. The standard InChI is InChI=1S/C11H12N4OS/c1-7-4-15-10(17-7)6-14-9-3-2-8(5-13-9)11(12)16/h2-5H,6H2,1H3,(H2,12,16)(H,13,14). The average Bonchev–Trinajstić information content (AvgIpc) is 2.73. The first-order chi connectivity index (χ1) is 8.15. The number of hydrogen-bond donors (Lipinski definition) is 2. The Morgan fingerprint density at radius 3 is 2.76 bits per heavy atom. The summed E-state index contributed by atoms with van der Waals surface area (Å²) < 4.78 is 0. The molecule has 1 amide bonds. The summed E-state index contributed by atoms with van der Waals surface area (Å²) in [4.78, 5) is 20.3. The number of carbonyl (C=O) groups excluding carboxylic acids is 1. The Morgan fingerprint density at radius 2 is 2.24 bits per heavy atom. The van der Waals surface area contributed by atoms with Crippen LogP contribution in [0.1, 0.15) is 20.2 Å². The number of nitrogens with one attached hydrogen (secondary N) is 1. The molecule has 3 N–H and O–H groups in total. The first-order valence-corrected chi connectivity index (χ1v) is 5.88. The van der Waals surface area contributed by atoms with Crippen LogP contribution >= 0.6 is 11.3 Å². The Balaban J connectivity index is 1.97. The molecule has 88 valence electrons. The molecule has 0 saturated carbocycles. The zero-order valence-electron chi connectivity index (χ0n) is 9.30. The minimum Gasteiger partial charge on any atom is -0.366 e. The highest BCUT2D eigenvalue weighted by atomic mass is 32.1. The zero-order chi connectivity index (χ0) is 12.3. The van der Waals surface area contributed by atoms with Crippen molar-refractivity contribution in [2.24, 2.45) is 5.73 Å². The summed E-state index contributed by atoms with van der Waals surface area (Å²) in [5.41, 5.74) is 5.53. The summed E-state index contributed by atoms with van der Waals surface area (Å²) in [6.07, 6.45) is 3.29. The van der Waals surface area contributed by atoms with E-state index in [1.165, 1.54) is 11.1 Å². The van der Waals surface area contributed by atoms with Crippen LogP contribution < -0.4 is 11.1 Å². The van der Waals surface area contributed by atoms with E-state index in [-0.39, 0.29) is 0 Å². The van der Waals surface area contributed by atoms with Gasteiger partial charge in [-0.25, -0.2) is 9.97 Å². The quantitative estimate of drug-likeness (QED) is 0.860. The summed E-state index contributed by atoms with van der Waals surface area (Å²) in [7, 11) is 0. The number of rotatable bonds is 4. The smallest absolute Gasteiger partial charge is 0.250 e.